The highest BCUT2D eigenvalue weighted by Gasteiger charge is 2.09. The van der Waals surface area contributed by atoms with Crippen molar-refractivity contribution in [3.05, 3.63) is 51.6 Å². The lowest BCUT2D eigenvalue weighted by atomic mass is 10.0. The lowest BCUT2D eigenvalue weighted by Crippen LogP contribution is -1.91. The predicted octanol–water partition coefficient (Wildman–Crippen LogP) is 4.67. The Labute approximate surface area is 105 Å². The first kappa shape index (κ1) is 11.4. The maximum absolute atomic E-state index is 6.16. The monoisotopic (exact) mass is 251 g/mol. The van der Waals surface area contributed by atoms with Crippen LogP contribution in [0.5, 0.6) is 0 Å². The molecular formula is C13H11Cl2N. The zero-order chi connectivity index (χ0) is 11.7. The summed E-state index contributed by atoms with van der Waals surface area (Å²) in [5.41, 5.74) is 4.11. The standard InChI is InChI=1S/C13H11Cl2N/c1-8-5-6-16-13(9(8)2)11-7-10(14)3-4-12(11)15/h3-7H,1-2H3. The van der Waals surface area contributed by atoms with E-state index in [0.29, 0.717) is 10.0 Å². The number of aromatic nitrogens is 1. The molecule has 0 aliphatic heterocycles. The van der Waals surface area contributed by atoms with Gasteiger partial charge in [0.05, 0.1) is 10.7 Å². The van der Waals surface area contributed by atoms with Crippen LogP contribution in [0.15, 0.2) is 30.5 Å². The fourth-order valence-corrected chi connectivity index (χ4v) is 1.96. The first-order chi connectivity index (χ1) is 7.59. The molecule has 0 radical (unpaired) electrons. The zero-order valence-corrected chi connectivity index (χ0v) is 10.6. The van der Waals surface area contributed by atoms with Gasteiger partial charge in [-0.25, -0.2) is 0 Å². The number of hydrogen-bond acceptors (Lipinski definition) is 1. The minimum absolute atomic E-state index is 0.669. The third kappa shape index (κ3) is 2.06. The van der Waals surface area contributed by atoms with Crippen molar-refractivity contribution in [2.45, 2.75) is 13.8 Å². The molecule has 1 nitrogen and oxygen atoms in total. The summed E-state index contributed by atoms with van der Waals surface area (Å²) in [6.45, 7) is 4.09. The number of aryl methyl sites for hydroxylation is 1. The lowest BCUT2D eigenvalue weighted by molar-refractivity contribution is 1.22. The van der Waals surface area contributed by atoms with Gasteiger partial charge in [0.25, 0.3) is 0 Å². The van der Waals surface area contributed by atoms with Crippen LogP contribution < -0.4 is 0 Å². The van der Waals surface area contributed by atoms with Crippen molar-refractivity contribution in [3.63, 3.8) is 0 Å². The smallest absolute Gasteiger partial charge is 0.0749 e. The molecule has 0 fully saturated rings. The Morgan fingerprint density at radius 3 is 2.56 bits per heavy atom. The van der Waals surface area contributed by atoms with Crippen molar-refractivity contribution in [3.8, 4) is 11.3 Å². The molecule has 16 heavy (non-hydrogen) atoms. The third-order valence-corrected chi connectivity index (χ3v) is 3.22. The van der Waals surface area contributed by atoms with Crippen LogP contribution in [0.25, 0.3) is 11.3 Å². The number of nitrogens with zero attached hydrogens (tertiary/aromatic N) is 1. The number of pyridine rings is 1. The highest BCUT2D eigenvalue weighted by atomic mass is 35.5. The first-order valence-corrected chi connectivity index (χ1v) is 5.73. The Morgan fingerprint density at radius 1 is 1.06 bits per heavy atom. The number of hydrogen-bond donors (Lipinski definition) is 0. The molecule has 0 aliphatic carbocycles. The van der Waals surface area contributed by atoms with E-state index < -0.39 is 0 Å². The molecule has 0 spiro atoms. The summed E-state index contributed by atoms with van der Waals surface area (Å²) >= 11 is 12.1. The van der Waals surface area contributed by atoms with Crippen molar-refractivity contribution in [2.24, 2.45) is 0 Å². The fourth-order valence-electron chi connectivity index (χ4n) is 1.58. The third-order valence-electron chi connectivity index (χ3n) is 2.66. The topological polar surface area (TPSA) is 12.9 Å². The van der Waals surface area contributed by atoms with Gasteiger partial charge in [-0.1, -0.05) is 23.2 Å². The van der Waals surface area contributed by atoms with E-state index in [1.54, 1.807) is 18.3 Å². The van der Waals surface area contributed by atoms with Crippen LogP contribution in [-0.2, 0) is 0 Å². The van der Waals surface area contributed by atoms with Crippen molar-refractivity contribution in [1.29, 1.82) is 0 Å². The second-order valence-electron chi connectivity index (χ2n) is 3.73. The summed E-state index contributed by atoms with van der Waals surface area (Å²) in [4.78, 5) is 4.37. The number of rotatable bonds is 1. The molecule has 0 saturated carbocycles. The Hall–Kier alpha value is -1.05. The molecule has 82 valence electrons. The molecule has 0 N–H and O–H groups in total. The van der Waals surface area contributed by atoms with Gasteiger partial charge >= 0.3 is 0 Å². The van der Waals surface area contributed by atoms with E-state index >= 15 is 0 Å². The summed E-state index contributed by atoms with van der Waals surface area (Å²) in [5, 5.41) is 1.34. The van der Waals surface area contributed by atoms with Gasteiger partial charge in [-0.05, 0) is 49.2 Å². The van der Waals surface area contributed by atoms with Crippen molar-refractivity contribution >= 4 is 23.2 Å². The normalized spacial score (nSPS) is 10.5. The Balaban J connectivity index is 2.67. The summed E-state index contributed by atoms with van der Waals surface area (Å²) in [5.74, 6) is 0. The van der Waals surface area contributed by atoms with Crippen LogP contribution in [-0.4, -0.2) is 4.98 Å². The van der Waals surface area contributed by atoms with Crippen molar-refractivity contribution < 1.29 is 0 Å². The second kappa shape index (κ2) is 4.44. The van der Waals surface area contributed by atoms with Crippen LogP contribution in [0.4, 0.5) is 0 Å². The van der Waals surface area contributed by atoms with E-state index in [1.807, 2.05) is 19.1 Å². The van der Waals surface area contributed by atoms with Crippen molar-refractivity contribution in [1.82, 2.24) is 4.98 Å². The molecule has 2 rings (SSSR count). The summed E-state index contributed by atoms with van der Waals surface area (Å²) in [6, 6.07) is 7.40. The minimum Gasteiger partial charge on any atom is -0.256 e. The predicted molar refractivity (Wildman–Crippen MR) is 69.2 cm³/mol. The van der Waals surface area contributed by atoms with E-state index in [9.17, 15) is 0 Å². The van der Waals surface area contributed by atoms with E-state index in [1.165, 1.54) is 5.56 Å². The van der Waals surface area contributed by atoms with E-state index in [4.69, 9.17) is 23.2 Å². The van der Waals surface area contributed by atoms with E-state index in [-0.39, 0.29) is 0 Å². The van der Waals surface area contributed by atoms with Gasteiger partial charge in [0.2, 0.25) is 0 Å². The van der Waals surface area contributed by atoms with Crippen LogP contribution in [0.2, 0.25) is 10.0 Å². The average molecular weight is 252 g/mol. The molecule has 0 saturated heterocycles. The molecule has 1 heterocycles. The van der Waals surface area contributed by atoms with Crippen LogP contribution in [0.3, 0.4) is 0 Å². The van der Waals surface area contributed by atoms with Gasteiger partial charge in [-0.2, -0.15) is 0 Å². The summed E-state index contributed by atoms with van der Waals surface area (Å²) in [7, 11) is 0. The van der Waals surface area contributed by atoms with Gasteiger partial charge in [0.15, 0.2) is 0 Å². The minimum atomic E-state index is 0.669. The molecule has 0 unspecified atom stereocenters. The van der Waals surface area contributed by atoms with Gasteiger partial charge in [-0.3, -0.25) is 4.98 Å². The Kier molecular flexibility index (Phi) is 3.17. The molecule has 3 heteroatoms. The Bertz CT molecular complexity index is 535. The average Bonchev–Trinajstić information content (AvgIpc) is 2.26. The summed E-state index contributed by atoms with van der Waals surface area (Å²) < 4.78 is 0. The van der Waals surface area contributed by atoms with E-state index in [0.717, 1.165) is 16.8 Å². The van der Waals surface area contributed by atoms with Crippen LogP contribution in [0.1, 0.15) is 11.1 Å². The fraction of sp³-hybridized carbons (Fsp3) is 0.154. The maximum atomic E-state index is 6.16. The zero-order valence-electron chi connectivity index (χ0n) is 9.09. The SMILES string of the molecule is Cc1ccnc(-c2cc(Cl)ccc2Cl)c1C. The molecule has 0 aliphatic rings. The molecule has 0 amide bonds. The highest BCUT2D eigenvalue weighted by Crippen LogP contribution is 2.31. The maximum Gasteiger partial charge on any atom is 0.0749 e. The summed E-state index contributed by atoms with van der Waals surface area (Å²) in [6.07, 6.45) is 1.79. The first-order valence-electron chi connectivity index (χ1n) is 4.97. The molecule has 1 aromatic heterocycles. The number of benzene rings is 1. The van der Waals surface area contributed by atoms with Crippen LogP contribution >= 0.6 is 23.2 Å². The van der Waals surface area contributed by atoms with Gasteiger partial charge < -0.3 is 0 Å². The van der Waals surface area contributed by atoms with Crippen LogP contribution in [0, 0.1) is 13.8 Å². The number of halogens is 2. The molecule has 2 aromatic rings. The van der Waals surface area contributed by atoms with Gasteiger partial charge in [-0.15, -0.1) is 0 Å². The molecule has 1 aromatic carbocycles. The highest BCUT2D eigenvalue weighted by molar-refractivity contribution is 6.35. The van der Waals surface area contributed by atoms with E-state index in [2.05, 4.69) is 11.9 Å². The second-order valence-corrected chi connectivity index (χ2v) is 4.57. The molecule has 0 bridgehead atoms. The quantitative estimate of drug-likeness (QED) is 0.718. The van der Waals surface area contributed by atoms with Gasteiger partial charge in [0.1, 0.15) is 0 Å². The molecule has 0 atom stereocenters. The molecular weight excluding hydrogens is 241 g/mol. The lowest BCUT2D eigenvalue weighted by Gasteiger charge is -2.09. The van der Waals surface area contributed by atoms with Crippen molar-refractivity contribution in [2.75, 3.05) is 0 Å². The largest absolute Gasteiger partial charge is 0.256 e. The Morgan fingerprint density at radius 2 is 1.81 bits per heavy atom. The van der Waals surface area contributed by atoms with Gasteiger partial charge in [0, 0.05) is 16.8 Å².